The van der Waals surface area contributed by atoms with Crippen LogP contribution in [0, 0.1) is 6.92 Å². The van der Waals surface area contributed by atoms with Crippen molar-refractivity contribution in [3.63, 3.8) is 0 Å². The molecule has 4 nitrogen and oxygen atoms in total. The van der Waals surface area contributed by atoms with E-state index in [1.54, 1.807) is 0 Å². The molecule has 1 amide bonds. The number of nitrogens with one attached hydrogen (secondary N) is 1. The van der Waals surface area contributed by atoms with Gasteiger partial charge in [-0.05, 0) is 70.9 Å². The Balaban J connectivity index is 1.71. The standard InChI is InChI=1S/C22H35N3O/c1-18-11-5-6-12-19(18)20(24(2)3)21(26)23-17-22(13-7-8-14-22)25-15-9-4-10-16-25/h5-6,11-12,20H,4,7-10,13-17H2,1-3H3,(H,23,26)/t20-/m1/s1. The molecule has 1 aromatic rings. The quantitative estimate of drug-likeness (QED) is 0.846. The van der Waals surface area contributed by atoms with Gasteiger partial charge in [0.1, 0.15) is 6.04 Å². The van der Waals surface area contributed by atoms with Crippen LogP contribution in [-0.4, -0.2) is 55.0 Å². The van der Waals surface area contributed by atoms with Crippen LogP contribution >= 0.6 is 0 Å². The predicted molar refractivity (Wildman–Crippen MR) is 107 cm³/mol. The van der Waals surface area contributed by atoms with Gasteiger partial charge in [-0.2, -0.15) is 0 Å². The van der Waals surface area contributed by atoms with Crippen molar-refractivity contribution in [2.45, 2.75) is 63.5 Å². The molecule has 0 spiro atoms. The monoisotopic (exact) mass is 357 g/mol. The summed E-state index contributed by atoms with van der Waals surface area (Å²) in [5.74, 6) is 0.132. The lowest BCUT2D eigenvalue weighted by atomic mass is 9.91. The van der Waals surface area contributed by atoms with Gasteiger partial charge in [0.2, 0.25) is 5.91 Å². The summed E-state index contributed by atoms with van der Waals surface area (Å²) in [6, 6.07) is 8.00. The summed E-state index contributed by atoms with van der Waals surface area (Å²) in [4.78, 5) is 17.9. The lowest BCUT2D eigenvalue weighted by Gasteiger charge is -2.44. The second kappa shape index (κ2) is 8.53. The molecule has 4 heteroatoms. The maximum Gasteiger partial charge on any atom is 0.242 e. The number of carbonyl (C=O) groups is 1. The number of hydrogen-bond acceptors (Lipinski definition) is 3. The van der Waals surface area contributed by atoms with Gasteiger partial charge in [-0.3, -0.25) is 14.6 Å². The Morgan fingerprint density at radius 2 is 1.77 bits per heavy atom. The second-order valence-corrected chi connectivity index (χ2v) is 8.42. The molecule has 3 rings (SSSR count). The first-order chi connectivity index (χ1) is 12.5. The van der Waals surface area contributed by atoms with Gasteiger partial charge < -0.3 is 5.32 Å². The Morgan fingerprint density at radius 3 is 2.38 bits per heavy atom. The molecule has 2 fully saturated rings. The van der Waals surface area contributed by atoms with Crippen molar-refractivity contribution in [1.82, 2.24) is 15.1 Å². The fraction of sp³-hybridized carbons (Fsp3) is 0.682. The van der Waals surface area contributed by atoms with Gasteiger partial charge in [-0.15, -0.1) is 0 Å². The number of piperidine rings is 1. The molecular formula is C22H35N3O. The Morgan fingerprint density at radius 1 is 1.12 bits per heavy atom. The average molecular weight is 358 g/mol. The van der Waals surface area contributed by atoms with Crippen molar-refractivity contribution in [2.24, 2.45) is 0 Å². The highest BCUT2D eigenvalue weighted by molar-refractivity contribution is 5.83. The fourth-order valence-electron chi connectivity index (χ4n) is 4.90. The molecule has 2 aliphatic rings. The molecule has 1 saturated carbocycles. The fourth-order valence-corrected chi connectivity index (χ4v) is 4.90. The SMILES string of the molecule is Cc1ccccc1[C@H](C(=O)NCC1(N2CCCCC2)CCCC1)N(C)C. The van der Waals surface area contributed by atoms with Gasteiger partial charge in [-0.1, -0.05) is 43.5 Å². The number of aryl methyl sites for hydroxylation is 1. The smallest absolute Gasteiger partial charge is 0.242 e. The number of hydrogen-bond donors (Lipinski definition) is 1. The number of likely N-dealkylation sites (tertiary alicyclic amines) is 1. The third-order valence-electron chi connectivity index (χ3n) is 6.40. The lowest BCUT2D eigenvalue weighted by molar-refractivity contribution is -0.126. The van der Waals surface area contributed by atoms with Crippen molar-refractivity contribution in [2.75, 3.05) is 33.7 Å². The summed E-state index contributed by atoms with van der Waals surface area (Å²) in [6.45, 7) is 5.28. The molecule has 1 aliphatic heterocycles. The molecule has 0 radical (unpaired) electrons. The molecule has 0 unspecified atom stereocenters. The van der Waals surface area contributed by atoms with Crippen LogP contribution < -0.4 is 5.32 Å². The van der Waals surface area contributed by atoms with Crippen LogP contribution in [0.3, 0.4) is 0 Å². The Hall–Kier alpha value is -1.39. The highest BCUT2D eigenvalue weighted by Crippen LogP contribution is 2.36. The molecule has 1 heterocycles. The van der Waals surface area contributed by atoms with Crippen LogP contribution in [0.2, 0.25) is 0 Å². The number of carbonyl (C=O) groups excluding carboxylic acids is 1. The minimum Gasteiger partial charge on any atom is -0.353 e. The number of benzene rings is 1. The third kappa shape index (κ3) is 4.12. The highest BCUT2D eigenvalue weighted by atomic mass is 16.2. The third-order valence-corrected chi connectivity index (χ3v) is 6.40. The van der Waals surface area contributed by atoms with Crippen molar-refractivity contribution in [3.8, 4) is 0 Å². The summed E-state index contributed by atoms with van der Waals surface area (Å²) in [5, 5.41) is 3.35. The molecule has 0 aromatic heterocycles. The van der Waals surface area contributed by atoms with Crippen molar-refractivity contribution in [1.29, 1.82) is 0 Å². The van der Waals surface area contributed by atoms with E-state index < -0.39 is 0 Å². The Bertz CT molecular complexity index is 601. The predicted octanol–water partition coefficient (Wildman–Crippen LogP) is 3.51. The van der Waals surface area contributed by atoms with Crippen molar-refractivity contribution in [3.05, 3.63) is 35.4 Å². The zero-order chi connectivity index (χ0) is 18.6. The summed E-state index contributed by atoms with van der Waals surface area (Å²) >= 11 is 0. The minimum atomic E-state index is -0.226. The number of amides is 1. The molecule has 1 saturated heterocycles. The van der Waals surface area contributed by atoms with Gasteiger partial charge in [0, 0.05) is 12.1 Å². The average Bonchev–Trinajstić information content (AvgIpc) is 3.13. The van der Waals surface area contributed by atoms with Crippen LogP contribution in [0.15, 0.2) is 24.3 Å². The second-order valence-electron chi connectivity index (χ2n) is 8.42. The van der Waals surface area contributed by atoms with E-state index in [2.05, 4.69) is 29.3 Å². The van der Waals surface area contributed by atoms with E-state index in [-0.39, 0.29) is 17.5 Å². The number of likely N-dealkylation sites (N-methyl/N-ethyl adjacent to an activating group) is 1. The normalized spacial score (nSPS) is 21.7. The summed E-state index contributed by atoms with van der Waals surface area (Å²) < 4.78 is 0. The molecular weight excluding hydrogens is 322 g/mol. The van der Waals surface area contributed by atoms with E-state index >= 15 is 0 Å². The van der Waals surface area contributed by atoms with Crippen molar-refractivity contribution < 1.29 is 4.79 Å². The number of nitrogens with zero attached hydrogens (tertiary/aromatic N) is 2. The maximum absolute atomic E-state index is 13.1. The van der Waals surface area contributed by atoms with Crippen LogP contribution in [0.4, 0.5) is 0 Å². The van der Waals surface area contributed by atoms with Gasteiger partial charge in [-0.25, -0.2) is 0 Å². The van der Waals surface area contributed by atoms with E-state index in [1.807, 2.05) is 31.1 Å². The van der Waals surface area contributed by atoms with Gasteiger partial charge in [0.05, 0.1) is 0 Å². The molecule has 1 atom stereocenters. The van der Waals surface area contributed by atoms with Crippen LogP contribution in [0.25, 0.3) is 0 Å². The molecule has 1 aromatic carbocycles. The number of rotatable bonds is 6. The van der Waals surface area contributed by atoms with E-state index in [1.165, 1.54) is 63.6 Å². The molecule has 1 aliphatic carbocycles. The van der Waals surface area contributed by atoms with Gasteiger partial charge in [0.15, 0.2) is 0 Å². The first-order valence-electron chi connectivity index (χ1n) is 10.3. The van der Waals surface area contributed by atoms with Crippen LogP contribution in [0.5, 0.6) is 0 Å². The first kappa shape index (κ1) is 19.4. The maximum atomic E-state index is 13.1. The summed E-state index contributed by atoms with van der Waals surface area (Å²) in [7, 11) is 3.99. The Kier molecular flexibility index (Phi) is 6.36. The van der Waals surface area contributed by atoms with Gasteiger partial charge >= 0.3 is 0 Å². The molecule has 144 valence electrons. The van der Waals surface area contributed by atoms with E-state index in [0.29, 0.717) is 0 Å². The highest BCUT2D eigenvalue weighted by Gasteiger charge is 2.40. The molecule has 1 N–H and O–H groups in total. The summed E-state index contributed by atoms with van der Waals surface area (Å²) in [5.41, 5.74) is 2.47. The van der Waals surface area contributed by atoms with E-state index in [0.717, 1.165) is 12.1 Å². The van der Waals surface area contributed by atoms with E-state index in [4.69, 9.17) is 0 Å². The minimum absolute atomic E-state index is 0.132. The van der Waals surface area contributed by atoms with E-state index in [9.17, 15) is 4.79 Å². The molecule has 0 bridgehead atoms. The van der Waals surface area contributed by atoms with Gasteiger partial charge in [0.25, 0.3) is 0 Å². The largest absolute Gasteiger partial charge is 0.353 e. The Labute approximate surface area is 158 Å². The zero-order valence-electron chi connectivity index (χ0n) is 16.8. The lowest BCUT2D eigenvalue weighted by Crippen LogP contribution is -2.56. The zero-order valence-corrected chi connectivity index (χ0v) is 16.8. The van der Waals surface area contributed by atoms with Crippen LogP contribution in [0.1, 0.15) is 62.1 Å². The molecule has 26 heavy (non-hydrogen) atoms. The van der Waals surface area contributed by atoms with Crippen LogP contribution in [-0.2, 0) is 4.79 Å². The topological polar surface area (TPSA) is 35.6 Å². The summed E-state index contributed by atoms with van der Waals surface area (Å²) in [6.07, 6.45) is 9.00. The first-order valence-corrected chi connectivity index (χ1v) is 10.3. The van der Waals surface area contributed by atoms with Crippen molar-refractivity contribution >= 4 is 5.91 Å².